The van der Waals surface area contributed by atoms with E-state index in [-0.39, 0.29) is 39.0 Å². The summed E-state index contributed by atoms with van der Waals surface area (Å²) >= 11 is 0. The second-order valence-electron chi connectivity index (χ2n) is 4.73. The lowest BCUT2D eigenvalue weighted by Gasteiger charge is -2.23. The van der Waals surface area contributed by atoms with Crippen molar-refractivity contribution in [3.05, 3.63) is 18.2 Å². The summed E-state index contributed by atoms with van der Waals surface area (Å²) in [7, 11) is 0. The van der Waals surface area contributed by atoms with Crippen molar-refractivity contribution in [2.75, 3.05) is 46.2 Å². The Morgan fingerprint density at radius 3 is 2.50 bits per heavy atom. The Labute approximate surface area is 135 Å². The average Bonchev–Trinajstić information content (AvgIpc) is 2.93. The molecule has 0 amide bonds. The van der Waals surface area contributed by atoms with E-state index in [1.54, 1.807) is 23.1 Å². The molecule has 0 saturated heterocycles. The van der Waals surface area contributed by atoms with Gasteiger partial charge in [0.25, 0.3) is 0 Å². The van der Waals surface area contributed by atoms with E-state index in [4.69, 9.17) is 24.4 Å². The molecule has 0 saturated carbocycles. The zero-order valence-corrected chi connectivity index (χ0v) is 12.9. The van der Waals surface area contributed by atoms with Crippen LogP contribution in [-0.2, 0) is 0 Å². The van der Waals surface area contributed by atoms with E-state index < -0.39 is 6.10 Å². The Bertz CT molecular complexity index is 441. The van der Waals surface area contributed by atoms with Crippen LogP contribution in [0.25, 0.3) is 0 Å². The molecule has 0 fully saturated rings. The van der Waals surface area contributed by atoms with Gasteiger partial charge in [-0.05, 0) is 12.1 Å². The van der Waals surface area contributed by atoms with Gasteiger partial charge in [-0.25, -0.2) is 0 Å². The van der Waals surface area contributed by atoms with Gasteiger partial charge in [-0.15, -0.1) is 0 Å². The fraction of sp³-hybridized carbons (Fsp3) is 0.571. The van der Waals surface area contributed by atoms with Gasteiger partial charge in [-0.3, -0.25) is 4.90 Å². The summed E-state index contributed by atoms with van der Waals surface area (Å²) in [4.78, 5) is 1.77. The fourth-order valence-corrected chi connectivity index (χ4v) is 2.09. The van der Waals surface area contributed by atoms with Gasteiger partial charge in [-0.1, -0.05) is 0 Å². The Morgan fingerprint density at radius 2 is 1.82 bits per heavy atom. The summed E-state index contributed by atoms with van der Waals surface area (Å²) in [6, 6.07) is 5.22. The summed E-state index contributed by atoms with van der Waals surface area (Å²) in [5, 5.41) is 27.8. The molecule has 1 aromatic rings. The summed E-state index contributed by atoms with van der Waals surface area (Å²) < 4.78 is 16.0. The zero-order valence-electron chi connectivity index (χ0n) is 12.2. The van der Waals surface area contributed by atoms with Gasteiger partial charge < -0.3 is 41.9 Å². The first kappa shape index (κ1) is 18.8. The largest absolute Gasteiger partial charge is 1.00 e. The number of aliphatic hydroxyl groups excluding tert-OH is 3. The van der Waals surface area contributed by atoms with E-state index >= 15 is 0 Å². The predicted molar refractivity (Wildman–Crippen MR) is 74.7 cm³/mol. The van der Waals surface area contributed by atoms with Crippen molar-refractivity contribution in [1.29, 1.82) is 0 Å². The lowest BCUT2D eigenvalue weighted by Crippen LogP contribution is -3.00. The summed E-state index contributed by atoms with van der Waals surface area (Å²) in [6.07, 6.45) is -0.714. The van der Waals surface area contributed by atoms with Crippen LogP contribution in [0.15, 0.2) is 18.2 Å². The highest BCUT2D eigenvalue weighted by Crippen LogP contribution is 2.35. The molecule has 1 unspecified atom stereocenters. The molecule has 1 atom stereocenters. The molecule has 1 aromatic carbocycles. The molecule has 22 heavy (non-hydrogen) atoms. The van der Waals surface area contributed by atoms with E-state index in [1.807, 2.05) is 0 Å². The van der Waals surface area contributed by atoms with E-state index in [0.717, 1.165) is 0 Å². The van der Waals surface area contributed by atoms with Gasteiger partial charge >= 0.3 is 0 Å². The van der Waals surface area contributed by atoms with Gasteiger partial charge in [0, 0.05) is 25.7 Å². The number of nitrogens with zero attached hydrogens (tertiary/aromatic N) is 1. The quantitative estimate of drug-likeness (QED) is 0.430. The molecule has 2 rings (SSSR count). The van der Waals surface area contributed by atoms with Crippen LogP contribution >= 0.6 is 0 Å². The van der Waals surface area contributed by atoms with Crippen molar-refractivity contribution in [2.45, 2.75) is 6.10 Å². The van der Waals surface area contributed by atoms with Crippen LogP contribution in [0.4, 0.5) is 0 Å². The number of aliphatic hydroxyl groups is 3. The Kier molecular flexibility index (Phi) is 8.29. The van der Waals surface area contributed by atoms with Crippen LogP contribution in [0.2, 0.25) is 0 Å². The molecular weight excluding hydrogens is 314 g/mol. The summed E-state index contributed by atoms with van der Waals surface area (Å²) in [6.45, 7) is 1.42. The second-order valence-corrected chi connectivity index (χ2v) is 4.73. The maximum Gasteiger partial charge on any atom is 0.231 e. The van der Waals surface area contributed by atoms with Crippen LogP contribution in [0.3, 0.4) is 0 Å². The molecule has 3 N–H and O–H groups in total. The number of benzene rings is 1. The lowest BCUT2D eigenvalue weighted by atomic mass is 10.3. The number of hydrogen-bond acceptors (Lipinski definition) is 7. The Balaban J connectivity index is 0.00000242. The molecular formula is C14H21ClNO6-. The third-order valence-corrected chi connectivity index (χ3v) is 3.09. The maximum atomic E-state index is 9.94. The number of ether oxygens (including phenoxy) is 3. The molecule has 1 aliphatic rings. The molecule has 0 bridgehead atoms. The van der Waals surface area contributed by atoms with Crippen molar-refractivity contribution in [2.24, 2.45) is 0 Å². The third-order valence-electron chi connectivity index (χ3n) is 3.09. The van der Waals surface area contributed by atoms with Crippen molar-refractivity contribution >= 4 is 0 Å². The first-order valence-corrected chi connectivity index (χ1v) is 6.87. The first-order chi connectivity index (χ1) is 10.2. The van der Waals surface area contributed by atoms with Gasteiger partial charge in [0.2, 0.25) is 6.79 Å². The number of halogens is 1. The number of hydrogen-bond donors (Lipinski definition) is 3. The zero-order chi connectivity index (χ0) is 15.1. The molecule has 0 aromatic heterocycles. The molecule has 7 nitrogen and oxygen atoms in total. The average molecular weight is 335 g/mol. The van der Waals surface area contributed by atoms with Gasteiger partial charge in [0.1, 0.15) is 18.5 Å². The minimum absolute atomic E-state index is 0. The highest BCUT2D eigenvalue weighted by atomic mass is 35.5. The topological polar surface area (TPSA) is 91.6 Å². The Morgan fingerprint density at radius 1 is 1.14 bits per heavy atom. The molecule has 0 spiro atoms. The smallest absolute Gasteiger partial charge is 0.231 e. The van der Waals surface area contributed by atoms with E-state index in [1.165, 1.54) is 0 Å². The SMILES string of the molecule is OCCN(CCO)CC(O)COc1ccc2c(c1)OCO2.[Cl-]. The molecule has 1 heterocycles. The van der Waals surface area contributed by atoms with Gasteiger partial charge in [-0.2, -0.15) is 0 Å². The predicted octanol–water partition coefficient (Wildman–Crippen LogP) is -3.55. The number of rotatable bonds is 9. The van der Waals surface area contributed by atoms with Crippen LogP contribution in [0.1, 0.15) is 0 Å². The van der Waals surface area contributed by atoms with Crippen LogP contribution in [-0.4, -0.2) is 72.6 Å². The van der Waals surface area contributed by atoms with Crippen LogP contribution in [0.5, 0.6) is 17.2 Å². The van der Waals surface area contributed by atoms with Crippen molar-refractivity contribution < 1.29 is 41.9 Å². The van der Waals surface area contributed by atoms with Gasteiger partial charge in [0.15, 0.2) is 11.5 Å². The third kappa shape index (κ3) is 5.51. The maximum absolute atomic E-state index is 9.94. The van der Waals surface area contributed by atoms with Crippen LogP contribution < -0.4 is 26.6 Å². The molecule has 8 heteroatoms. The van der Waals surface area contributed by atoms with Crippen molar-refractivity contribution in [3.63, 3.8) is 0 Å². The molecule has 0 radical (unpaired) electrons. The molecule has 0 aliphatic carbocycles. The second kappa shape index (κ2) is 9.70. The minimum Gasteiger partial charge on any atom is -1.00 e. The van der Waals surface area contributed by atoms with E-state index in [0.29, 0.717) is 36.9 Å². The monoisotopic (exact) mass is 334 g/mol. The van der Waals surface area contributed by atoms with E-state index in [2.05, 4.69) is 0 Å². The highest BCUT2D eigenvalue weighted by Gasteiger charge is 2.15. The number of fused-ring (bicyclic) bond motifs is 1. The normalized spacial score (nSPS) is 13.8. The standard InChI is InChI=1S/C14H21NO6.ClH/c16-5-3-15(4-6-17)8-11(18)9-19-12-1-2-13-14(7-12)21-10-20-13;/h1-2,7,11,16-18H,3-6,8-10H2;1H/p-1. The van der Waals surface area contributed by atoms with Crippen molar-refractivity contribution in [3.8, 4) is 17.2 Å². The van der Waals surface area contributed by atoms with Gasteiger partial charge in [0.05, 0.1) is 13.2 Å². The fourth-order valence-electron chi connectivity index (χ4n) is 2.09. The minimum atomic E-state index is -0.714. The molecule has 1 aliphatic heterocycles. The lowest BCUT2D eigenvalue weighted by molar-refractivity contribution is -0.0000125. The molecule has 126 valence electrons. The van der Waals surface area contributed by atoms with E-state index in [9.17, 15) is 5.11 Å². The first-order valence-electron chi connectivity index (χ1n) is 6.87. The Hall–Kier alpha value is -1.25. The van der Waals surface area contributed by atoms with Crippen LogP contribution in [0, 0.1) is 0 Å². The summed E-state index contributed by atoms with van der Waals surface area (Å²) in [5.74, 6) is 1.90. The van der Waals surface area contributed by atoms with Crippen molar-refractivity contribution in [1.82, 2.24) is 4.90 Å². The highest BCUT2D eigenvalue weighted by molar-refractivity contribution is 5.46. The summed E-state index contributed by atoms with van der Waals surface area (Å²) in [5.41, 5.74) is 0.